The van der Waals surface area contributed by atoms with Crippen molar-refractivity contribution in [1.29, 1.82) is 0 Å². The molecule has 0 saturated heterocycles. The van der Waals surface area contributed by atoms with Gasteiger partial charge < -0.3 is 4.74 Å². The quantitative estimate of drug-likeness (QED) is 0.218. The second-order valence-electron chi connectivity index (χ2n) is 11.6. The van der Waals surface area contributed by atoms with Gasteiger partial charge in [-0.05, 0) is 85.2 Å². The first-order chi connectivity index (χ1) is 20.9. The molecule has 0 N–H and O–H groups in total. The highest BCUT2D eigenvalue weighted by molar-refractivity contribution is 7.86. The number of carbonyl (C=O) groups excluding carboxylic acids is 1. The first-order valence-electron chi connectivity index (χ1n) is 14.7. The van der Waals surface area contributed by atoms with Crippen molar-refractivity contribution in [2.45, 2.75) is 58.3 Å². The molecule has 0 spiro atoms. The second-order valence-corrected chi connectivity index (χ2v) is 14.9. The highest BCUT2D eigenvalue weighted by atomic mass is 32.2. The summed E-state index contributed by atoms with van der Waals surface area (Å²) in [6.07, 6.45) is 1.06. The summed E-state index contributed by atoms with van der Waals surface area (Å²) >= 11 is 0. The Bertz CT molecular complexity index is 1640. The van der Waals surface area contributed by atoms with Gasteiger partial charge in [0.2, 0.25) is 0 Å². The van der Waals surface area contributed by atoms with E-state index < -0.39 is 38.7 Å². The molecule has 43 heavy (non-hydrogen) atoms. The molecule has 7 heteroatoms. The second kappa shape index (κ2) is 12.7. The zero-order chi connectivity index (χ0) is 30.1. The Hall–Kier alpha value is -3.42. The van der Waals surface area contributed by atoms with Crippen LogP contribution in [0.3, 0.4) is 0 Å². The maximum atomic E-state index is 15.3. The third-order valence-electron chi connectivity index (χ3n) is 9.23. The Balaban J connectivity index is 1.46. The number of fused-ring (bicyclic) bond motifs is 1. The molecule has 2 aliphatic rings. The first kappa shape index (κ1) is 29.6. The number of hydrogen-bond donors (Lipinski definition) is 0. The molecule has 222 valence electrons. The highest BCUT2D eigenvalue weighted by Crippen LogP contribution is 2.53. The van der Waals surface area contributed by atoms with Gasteiger partial charge in [-0.25, -0.2) is 4.39 Å². The fourth-order valence-corrected chi connectivity index (χ4v) is 10.7. The Morgan fingerprint density at radius 1 is 0.721 bits per heavy atom. The summed E-state index contributed by atoms with van der Waals surface area (Å²) in [7, 11) is -1.25. The molecule has 0 heterocycles. The van der Waals surface area contributed by atoms with E-state index in [9.17, 15) is 13.2 Å². The molecule has 0 amide bonds. The standard InChI is InChI=1S/C36H35FO4S2/c1-23-12-18-27(19-13-23)43(40)36-31-20-29(24-14-16-25(41-2)17-15-24)35(42(39)26-8-4-3-5-9-26)22-30(31)34(38)21-32(36)28-10-6-7-11-33(28)37/h3-19,29-32,35-36H,20-22H2,1-2H3/t29?,30-,31+,32?,35?,36?,42?,43?/m1/s1. The van der Waals surface area contributed by atoms with Gasteiger partial charge in [-0.2, -0.15) is 0 Å². The summed E-state index contributed by atoms with van der Waals surface area (Å²) in [4.78, 5) is 15.4. The number of aryl methyl sites for hydroxylation is 1. The van der Waals surface area contributed by atoms with E-state index in [4.69, 9.17) is 4.74 Å². The van der Waals surface area contributed by atoms with Crippen LogP contribution in [0.25, 0.3) is 0 Å². The fourth-order valence-electron chi connectivity index (χ4n) is 7.08. The Morgan fingerprint density at radius 2 is 1.37 bits per heavy atom. The third kappa shape index (κ3) is 5.89. The van der Waals surface area contributed by atoms with Crippen LogP contribution in [-0.2, 0) is 26.4 Å². The van der Waals surface area contributed by atoms with Crippen LogP contribution in [0.2, 0.25) is 0 Å². The van der Waals surface area contributed by atoms with Crippen LogP contribution in [0.1, 0.15) is 47.8 Å². The van der Waals surface area contributed by atoms with Gasteiger partial charge in [0.15, 0.2) is 0 Å². The predicted octanol–water partition coefficient (Wildman–Crippen LogP) is 7.36. The van der Waals surface area contributed by atoms with E-state index in [1.165, 1.54) is 6.07 Å². The molecule has 2 saturated carbocycles. The van der Waals surface area contributed by atoms with Gasteiger partial charge in [-0.3, -0.25) is 13.2 Å². The van der Waals surface area contributed by atoms with Gasteiger partial charge in [0, 0.05) is 33.3 Å². The largest absolute Gasteiger partial charge is 0.497 e. The van der Waals surface area contributed by atoms with Crippen molar-refractivity contribution in [3.8, 4) is 5.75 Å². The Morgan fingerprint density at radius 3 is 2.05 bits per heavy atom. The molecule has 0 aromatic heterocycles. The topological polar surface area (TPSA) is 60.4 Å². The fraction of sp³-hybridized carbons (Fsp3) is 0.306. The maximum Gasteiger partial charge on any atom is 0.136 e. The summed E-state index contributed by atoms with van der Waals surface area (Å²) in [5, 5.41) is -0.784. The normalized spacial score (nSPS) is 26.7. The van der Waals surface area contributed by atoms with Crippen molar-refractivity contribution in [2.75, 3.05) is 7.11 Å². The van der Waals surface area contributed by atoms with E-state index in [0.29, 0.717) is 23.3 Å². The average molecular weight is 615 g/mol. The lowest BCUT2D eigenvalue weighted by Gasteiger charge is -2.48. The minimum Gasteiger partial charge on any atom is -0.497 e. The zero-order valence-electron chi connectivity index (χ0n) is 24.2. The van der Waals surface area contributed by atoms with Crippen LogP contribution in [0.4, 0.5) is 4.39 Å². The summed E-state index contributed by atoms with van der Waals surface area (Å²) in [5.41, 5.74) is 2.51. The van der Waals surface area contributed by atoms with Crippen molar-refractivity contribution in [2.24, 2.45) is 11.8 Å². The van der Waals surface area contributed by atoms with Gasteiger partial charge in [0.25, 0.3) is 0 Å². The molecule has 0 bridgehead atoms. The van der Waals surface area contributed by atoms with Crippen LogP contribution in [0, 0.1) is 24.6 Å². The summed E-state index contributed by atoms with van der Waals surface area (Å²) in [6.45, 7) is 1.98. The first-order valence-corrected chi connectivity index (χ1v) is 17.1. The highest BCUT2D eigenvalue weighted by Gasteiger charge is 2.53. The van der Waals surface area contributed by atoms with Crippen molar-refractivity contribution in [3.63, 3.8) is 0 Å². The molecule has 6 rings (SSSR count). The monoisotopic (exact) mass is 614 g/mol. The van der Waals surface area contributed by atoms with Gasteiger partial charge >= 0.3 is 0 Å². The smallest absolute Gasteiger partial charge is 0.136 e. The molecular formula is C36H35FO4S2. The number of ether oxygens (including phenoxy) is 1. The number of methoxy groups -OCH3 is 1. The molecule has 0 radical (unpaired) electrons. The molecule has 4 nitrogen and oxygen atoms in total. The van der Waals surface area contributed by atoms with Crippen molar-refractivity contribution in [3.05, 3.63) is 126 Å². The van der Waals surface area contributed by atoms with E-state index >= 15 is 4.39 Å². The number of Topliss-reactive ketones (excluding diaryl/α,β-unsaturated/α-hetero) is 1. The van der Waals surface area contributed by atoms with Crippen LogP contribution in [0.5, 0.6) is 5.75 Å². The molecule has 6 unspecified atom stereocenters. The summed E-state index contributed by atoms with van der Waals surface area (Å²) in [6, 6.07) is 31.4. The Labute approximate surface area is 257 Å². The molecular weight excluding hydrogens is 580 g/mol. The lowest BCUT2D eigenvalue weighted by Crippen LogP contribution is -2.51. The molecule has 8 atom stereocenters. The molecule has 2 aliphatic carbocycles. The van der Waals surface area contributed by atoms with Crippen LogP contribution in [-0.4, -0.2) is 31.8 Å². The third-order valence-corrected chi connectivity index (χ3v) is 12.9. The van der Waals surface area contributed by atoms with Gasteiger partial charge in [-0.1, -0.05) is 66.2 Å². The lowest BCUT2D eigenvalue weighted by molar-refractivity contribution is -0.128. The summed E-state index contributed by atoms with van der Waals surface area (Å²) < 4.78 is 49.4. The maximum absolute atomic E-state index is 15.3. The number of benzene rings is 4. The minimum absolute atomic E-state index is 0.0404. The average Bonchev–Trinajstić information content (AvgIpc) is 3.04. The molecule has 4 aromatic carbocycles. The lowest BCUT2D eigenvalue weighted by atomic mass is 9.61. The zero-order valence-corrected chi connectivity index (χ0v) is 25.9. The van der Waals surface area contributed by atoms with E-state index in [-0.39, 0.29) is 35.1 Å². The van der Waals surface area contributed by atoms with Crippen LogP contribution < -0.4 is 4.74 Å². The minimum atomic E-state index is -1.50. The molecule has 0 aliphatic heterocycles. The van der Waals surface area contributed by atoms with E-state index in [2.05, 4.69) is 0 Å². The van der Waals surface area contributed by atoms with E-state index in [1.54, 1.807) is 25.3 Å². The number of halogens is 1. The predicted molar refractivity (Wildman–Crippen MR) is 169 cm³/mol. The van der Waals surface area contributed by atoms with Gasteiger partial charge in [0.05, 0.1) is 34.0 Å². The van der Waals surface area contributed by atoms with Crippen molar-refractivity contribution < 1.29 is 22.3 Å². The van der Waals surface area contributed by atoms with Crippen molar-refractivity contribution in [1.82, 2.24) is 0 Å². The molecule has 2 fully saturated rings. The van der Waals surface area contributed by atoms with Gasteiger partial charge in [-0.15, -0.1) is 0 Å². The number of rotatable bonds is 7. The number of ketones is 1. The van der Waals surface area contributed by atoms with Crippen molar-refractivity contribution >= 4 is 27.4 Å². The Kier molecular flexibility index (Phi) is 8.73. The van der Waals surface area contributed by atoms with E-state index in [0.717, 1.165) is 21.8 Å². The van der Waals surface area contributed by atoms with Crippen LogP contribution in [0.15, 0.2) is 113 Å². The SMILES string of the molecule is COc1ccc(C2C[C@@H]3C(S(=O)c4ccc(C)cc4)C(c4ccccc4F)CC(=O)[C@@H]3CC2S(=O)c2ccccc2)cc1. The number of carbonyl (C=O) groups is 1. The molecule has 4 aromatic rings. The van der Waals surface area contributed by atoms with Gasteiger partial charge in [0.1, 0.15) is 17.3 Å². The van der Waals surface area contributed by atoms with Crippen LogP contribution >= 0.6 is 0 Å². The van der Waals surface area contributed by atoms with E-state index in [1.807, 2.05) is 85.8 Å². The summed E-state index contributed by atoms with van der Waals surface area (Å²) in [5.74, 6) is -0.973. The number of hydrogen-bond acceptors (Lipinski definition) is 4.